The van der Waals surface area contributed by atoms with Gasteiger partial charge in [0.2, 0.25) is 0 Å². The molecule has 1 saturated heterocycles. The first-order valence-corrected chi connectivity index (χ1v) is 16.4. The fraction of sp³-hybridized carbons (Fsp3) is 0.657. The van der Waals surface area contributed by atoms with Crippen molar-refractivity contribution in [2.75, 3.05) is 6.61 Å². The number of benzene rings is 1. The van der Waals surface area contributed by atoms with Crippen molar-refractivity contribution >= 4 is 31.3 Å². The van der Waals surface area contributed by atoms with Gasteiger partial charge >= 0.3 is 11.9 Å². The van der Waals surface area contributed by atoms with Gasteiger partial charge in [-0.3, -0.25) is 9.59 Å². The van der Waals surface area contributed by atoms with Gasteiger partial charge in [0.15, 0.2) is 18.0 Å². The van der Waals surface area contributed by atoms with E-state index in [-0.39, 0.29) is 25.4 Å². The number of nitrogens with one attached hydrogen (secondary N) is 1. The lowest BCUT2D eigenvalue weighted by Gasteiger charge is -2.68. The van der Waals surface area contributed by atoms with Gasteiger partial charge in [-0.25, -0.2) is 4.79 Å². The van der Waals surface area contributed by atoms with Crippen LogP contribution in [-0.4, -0.2) is 89.4 Å². The Morgan fingerprint density at radius 2 is 1.83 bits per heavy atom. The molecule has 4 aliphatic rings. The van der Waals surface area contributed by atoms with Gasteiger partial charge in [0.1, 0.15) is 6.10 Å². The molecule has 3 aliphatic carbocycles. The second-order valence-corrected chi connectivity index (χ2v) is 14.8. The molecule has 0 spiro atoms. The van der Waals surface area contributed by atoms with Crippen LogP contribution in [0.1, 0.15) is 79.3 Å². The molecule has 255 valence electrons. The van der Waals surface area contributed by atoms with Crippen LogP contribution >= 0.6 is 0 Å². The van der Waals surface area contributed by atoms with Gasteiger partial charge in [0, 0.05) is 30.1 Å². The quantitative estimate of drug-likeness (QED) is 0.134. The highest BCUT2D eigenvalue weighted by atomic mass is 16.6. The molecular formula is C35H47BNO10. The standard InChI is InChI=1S/C35H47BNO10/c1-8-24(40)47-28-25-18(2)21(46-31(43)27(41)26(37-36-17-38)20-12-10-9-11-13-20)15-35(44,32(25,4)5)19(3)29-33(6)16-45-23(33)14-22(39)34(29,7)30(28)42/h9-13,17,19,21-23,26-29,37,39,41,44H,8,14-16H2,1-7H3/t19-,21-,22-,23+,26-,27+,28+,29+,33+,34+,35+/m0/s1. The third-order valence-electron chi connectivity index (χ3n) is 12.1. The minimum absolute atomic E-state index is 0.0101. The number of fused-ring (bicyclic) bond motifs is 5. The number of hydrogen-bond acceptors (Lipinski definition) is 11. The summed E-state index contributed by atoms with van der Waals surface area (Å²) in [4.78, 5) is 52.7. The van der Waals surface area contributed by atoms with Gasteiger partial charge in [-0.1, -0.05) is 65.0 Å². The largest absolute Gasteiger partial charge is 0.456 e. The fourth-order valence-corrected chi connectivity index (χ4v) is 9.38. The molecule has 2 bridgehead atoms. The molecule has 3 fully saturated rings. The van der Waals surface area contributed by atoms with Crippen molar-refractivity contribution in [1.29, 1.82) is 0 Å². The van der Waals surface area contributed by atoms with Gasteiger partial charge in [-0.2, -0.15) is 0 Å². The van der Waals surface area contributed by atoms with Gasteiger partial charge in [-0.15, -0.1) is 0 Å². The number of rotatable bonds is 9. The Bertz CT molecular complexity index is 1450. The van der Waals surface area contributed by atoms with Crippen molar-refractivity contribution in [2.45, 2.75) is 110 Å². The Balaban J connectivity index is 1.63. The van der Waals surface area contributed by atoms with E-state index in [2.05, 4.69) is 5.23 Å². The maximum atomic E-state index is 14.9. The first-order valence-electron chi connectivity index (χ1n) is 16.4. The maximum Gasteiger partial charge on any atom is 0.337 e. The summed E-state index contributed by atoms with van der Waals surface area (Å²) in [6.07, 6.45) is -5.13. The first kappa shape index (κ1) is 35.4. The third kappa shape index (κ3) is 5.31. The first-order chi connectivity index (χ1) is 22.0. The normalized spacial score (nSPS) is 38.7. The number of carbonyl (C=O) groups excluding carboxylic acids is 4. The molecule has 2 saturated carbocycles. The lowest BCUT2D eigenvalue weighted by atomic mass is 9.40. The highest BCUT2D eigenvalue weighted by molar-refractivity contribution is 6.64. The van der Waals surface area contributed by atoms with Crippen LogP contribution in [0.4, 0.5) is 0 Å². The Morgan fingerprint density at radius 1 is 1.17 bits per heavy atom. The SMILES string of the molecule is CCC(=O)O[C@H]1C(=O)[C@@]2(C)[C@H]([C@H](C)[C@]3(O)C[C@H](OC(=O)[C@H](O)[C@@H](N[B]C=O)c4ccccc4)C(C)=C1C3(C)C)[C@]1(C)CO[C@@H]1C[C@@H]2O. The van der Waals surface area contributed by atoms with Crippen LogP contribution in [0.3, 0.4) is 0 Å². The Hall–Kier alpha value is -2.90. The molecule has 0 aromatic heterocycles. The van der Waals surface area contributed by atoms with E-state index >= 15 is 0 Å². The zero-order valence-corrected chi connectivity index (χ0v) is 28.2. The molecule has 5 rings (SSSR count). The van der Waals surface area contributed by atoms with Crippen molar-refractivity contribution in [3.05, 3.63) is 47.0 Å². The summed E-state index contributed by atoms with van der Waals surface area (Å²) in [6, 6.07) is 7.60. The van der Waals surface area contributed by atoms with E-state index < -0.39 is 81.9 Å². The molecule has 12 heteroatoms. The zero-order chi connectivity index (χ0) is 34.7. The summed E-state index contributed by atoms with van der Waals surface area (Å²) in [6.45, 7) is 12.8. The van der Waals surface area contributed by atoms with Crippen LogP contribution in [0, 0.1) is 28.1 Å². The number of ketones is 1. The lowest BCUT2D eigenvalue weighted by Crippen LogP contribution is -2.75. The van der Waals surface area contributed by atoms with Crippen LogP contribution in [0.25, 0.3) is 0 Å². The molecule has 11 nitrogen and oxygen atoms in total. The summed E-state index contributed by atoms with van der Waals surface area (Å²) < 4.78 is 17.8. The van der Waals surface area contributed by atoms with Crippen molar-refractivity contribution < 1.29 is 48.7 Å². The summed E-state index contributed by atoms with van der Waals surface area (Å²) in [7, 11) is 1.08. The molecule has 47 heavy (non-hydrogen) atoms. The lowest BCUT2D eigenvalue weighted by molar-refractivity contribution is -0.302. The Labute approximate surface area is 276 Å². The topological polar surface area (TPSA) is 169 Å². The molecule has 4 N–H and O–H groups in total. The van der Waals surface area contributed by atoms with Gasteiger partial charge in [0.05, 0.1) is 42.1 Å². The molecule has 1 aliphatic heterocycles. The third-order valence-corrected chi connectivity index (χ3v) is 12.1. The summed E-state index contributed by atoms with van der Waals surface area (Å²) in [5.74, 6) is -3.33. The van der Waals surface area contributed by atoms with Crippen molar-refractivity contribution in [2.24, 2.45) is 28.1 Å². The Morgan fingerprint density at radius 3 is 2.40 bits per heavy atom. The predicted octanol–water partition coefficient (Wildman–Crippen LogP) is 2.21. The summed E-state index contributed by atoms with van der Waals surface area (Å²) in [5, 5.41) is 38.6. The summed E-state index contributed by atoms with van der Waals surface area (Å²) in [5.41, 5.74) is -3.50. The van der Waals surface area contributed by atoms with Gasteiger partial charge in [-0.05, 0) is 42.4 Å². The van der Waals surface area contributed by atoms with Crippen molar-refractivity contribution in [3.8, 4) is 0 Å². The van der Waals surface area contributed by atoms with Crippen LogP contribution in [-0.2, 0) is 33.4 Å². The van der Waals surface area contributed by atoms with E-state index in [9.17, 15) is 34.5 Å². The van der Waals surface area contributed by atoms with E-state index in [1.54, 1.807) is 65.0 Å². The number of aliphatic hydroxyl groups excluding tert-OH is 2. The highest BCUT2D eigenvalue weighted by Crippen LogP contribution is 2.67. The van der Waals surface area contributed by atoms with Crippen molar-refractivity contribution in [3.63, 3.8) is 0 Å². The fourth-order valence-electron chi connectivity index (χ4n) is 9.38. The molecule has 0 unspecified atom stereocenters. The second kappa shape index (κ2) is 12.5. The molecule has 1 aromatic rings. The number of carbonyl (C=O) groups is 4. The minimum atomic E-state index is -1.75. The summed E-state index contributed by atoms with van der Waals surface area (Å²) >= 11 is 0. The van der Waals surface area contributed by atoms with Crippen LogP contribution < -0.4 is 5.23 Å². The number of hydrogen-bond donors (Lipinski definition) is 4. The zero-order valence-electron chi connectivity index (χ0n) is 28.2. The van der Waals surface area contributed by atoms with E-state index in [0.717, 1.165) is 7.41 Å². The van der Waals surface area contributed by atoms with Crippen LogP contribution in [0.15, 0.2) is 41.5 Å². The van der Waals surface area contributed by atoms with E-state index in [0.29, 0.717) is 29.5 Å². The Kier molecular flexibility index (Phi) is 9.44. The molecule has 1 radical (unpaired) electrons. The van der Waals surface area contributed by atoms with E-state index in [1.165, 1.54) is 0 Å². The average Bonchev–Trinajstić information content (AvgIpc) is 3.03. The van der Waals surface area contributed by atoms with Crippen molar-refractivity contribution in [1.82, 2.24) is 5.23 Å². The van der Waals surface area contributed by atoms with E-state index in [4.69, 9.17) is 14.2 Å². The second-order valence-electron chi connectivity index (χ2n) is 14.8. The van der Waals surface area contributed by atoms with Gasteiger partial charge in [0.25, 0.3) is 7.41 Å². The maximum absolute atomic E-state index is 14.9. The molecule has 11 atom stereocenters. The molecule has 0 amide bonds. The predicted molar refractivity (Wildman–Crippen MR) is 171 cm³/mol. The number of esters is 2. The highest BCUT2D eigenvalue weighted by Gasteiger charge is 2.73. The molecule has 1 heterocycles. The van der Waals surface area contributed by atoms with Gasteiger partial charge < -0.3 is 39.6 Å². The average molecular weight is 653 g/mol. The smallest absolute Gasteiger partial charge is 0.337 e. The number of aliphatic hydroxyl groups is 3. The molecular weight excluding hydrogens is 605 g/mol. The molecule has 1 aromatic carbocycles. The van der Waals surface area contributed by atoms with E-state index in [1.807, 2.05) is 13.8 Å². The number of Topliss-reactive ketones (excluding diaryl/α,β-unsaturated/α-hetero) is 1. The minimum Gasteiger partial charge on any atom is -0.456 e. The number of ether oxygens (including phenoxy) is 3. The van der Waals surface area contributed by atoms with Crippen LogP contribution in [0.5, 0.6) is 0 Å². The van der Waals surface area contributed by atoms with Crippen LogP contribution in [0.2, 0.25) is 0 Å². The monoisotopic (exact) mass is 652 g/mol.